The number of nitrogens with zero attached hydrogens (tertiary/aromatic N) is 2. The van der Waals surface area contributed by atoms with E-state index >= 15 is 0 Å². The van der Waals surface area contributed by atoms with Crippen molar-refractivity contribution in [2.75, 3.05) is 0 Å². The molecule has 0 aliphatic carbocycles. The molecule has 20 heavy (non-hydrogen) atoms. The number of imidazole rings is 1. The van der Waals surface area contributed by atoms with Crippen molar-refractivity contribution in [3.63, 3.8) is 0 Å². The van der Waals surface area contributed by atoms with Crippen LogP contribution in [0, 0.1) is 0 Å². The second-order valence-electron chi connectivity index (χ2n) is 6.42. The molecule has 2 N–H and O–H groups in total. The van der Waals surface area contributed by atoms with Gasteiger partial charge in [0.05, 0.1) is 17.1 Å². The second kappa shape index (κ2) is 5.54. The number of hydrogen-bond acceptors (Lipinski definition) is 3. The minimum atomic E-state index is -0.0331. The highest BCUT2D eigenvalue weighted by molar-refractivity contribution is 5.77. The first-order valence-corrected chi connectivity index (χ1v) is 7.15. The van der Waals surface area contributed by atoms with Gasteiger partial charge in [-0.3, -0.25) is 0 Å². The molecule has 1 aromatic carbocycles. The zero-order valence-corrected chi connectivity index (χ0v) is 13.1. The lowest BCUT2D eigenvalue weighted by Gasteiger charge is -2.25. The molecule has 110 valence electrons. The Kier molecular flexibility index (Phi) is 4.16. The summed E-state index contributed by atoms with van der Waals surface area (Å²) < 4.78 is 8.00. The van der Waals surface area contributed by atoms with Gasteiger partial charge in [-0.25, -0.2) is 4.98 Å². The third kappa shape index (κ3) is 3.02. The van der Waals surface area contributed by atoms with Gasteiger partial charge in [-0.2, -0.15) is 0 Å². The van der Waals surface area contributed by atoms with Crippen molar-refractivity contribution >= 4 is 11.0 Å². The molecule has 4 heteroatoms. The van der Waals surface area contributed by atoms with Crippen LogP contribution >= 0.6 is 0 Å². The van der Waals surface area contributed by atoms with Crippen LogP contribution in [0.3, 0.4) is 0 Å². The van der Waals surface area contributed by atoms with Crippen LogP contribution in [0.1, 0.15) is 46.0 Å². The Hall–Kier alpha value is -1.39. The van der Waals surface area contributed by atoms with E-state index in [1.54, 1.807) is 0 Å². The van der Waals surface area contributed by atoms with Gasteiger partial charge in [-0.05, 0) is 52.3 Å². The van der Waals surface area contributed by atoms with Crippen molar-refractivity contribution in [3.8, 4) is 0 Å². The molecule has 0 atom stereocenters. The van der Waals surface area contributed by atoms with Crippen molar-refractivity contribution < 1.29 is 4.74 Å². The molecule has 4 nitrogen and oxygen atoms in total. The van der Waals surface area contributed by atoms with Gasteiger partial charge >= 0.3 is 0 Å². The first kappa shape index (κ1) is 15.0. The monoisotopic (exact) mass is 275 g/mol. The van der Waals surface area contributed by atoms with Gasteiger partial charge in [0, 0.05) is 12.1 Å². The summed E-state index contributed by atoms with van der Waals surface area (Å²) in [6, 6.07) is 6.24. The average Bonchev–Trinajstić information content (AvgIpc) is 2.73. The van der Waals surface area contributed by atoms with Crippen molar-refractivity contribution in [3.05, 3.63) is 29.6 Å². The van der Waals surface area contributed by atoms with Gasteiger partial charge in [0.1, 0.15) is 12.4 Å². The number of nitrogens with two attached hydrogens (primary N) is 1. The van der Waals surface area contributed by atoms with Gasteiger partial charge in [-0.15, -0.1) is 0 Å². The Morgan fingerprint density at radius 3 is 2.55 bits per heavy atom. The first-order chi connectivity index (χ1) is 9.32. The minimum absolute atomic E-state index is 0.0331. The minimum Gasteiger partial charge on any atom is -0.371 e. The Bertz CT molecular complexity index is 594. The van der Waals surface area contributed by atoms with E-state index in [1.165, 1.54) is 0 Å². The lowest BCUT2D eigenvalue weighted by atomic mass is 10.1. The van der Waals surface area contributed by atoms with Gasteiger partial charge in [-0.1, -0.05) is 6.07 Å². The van der Waals surface area contributed by atoms with E-state index in [-0.39, 0.29) is 11.6 Å². The SMILES string of the molecule is CC(C)OCc1nc2cc(CN)ccc2n1C(C)(C)C. The first-order valence-electron chi connectivity index (χ1n) is 7.15. The average molecular weight is 275 g/mol. The highest BCUT2D eigenvalue weighted by Gasteiger charge is 2.21. The topological polar surface area (TPSA) is 53.1 Å². The number of ether oxygens (including phenoxy) is 1. The third-order valence-corrected chi connectivity index (χ3v) is 3.24. The number of benzene rings is 1. The van der Waals surface area contributed by atoms with E-state index in [0.717, 1.165) is 22.4 Å². The maximum atomic E-state index is 5.74. The predicted octanol–water partition coefficient (Wildman–Crippen LogP) is 3.18. The lowest BCUT2D eigenvalue weighted by Crippen LogP contribution is -2.24. The van der Waals surface area contributed by atoms with Crippen LogP contribution < -0.4 is 5.73 Å². The maximum Gasteiger partial charge on any atom is 0.136 e. The zero-order chi connectivity index (χ0) is 14.9. The summed E-state index contributed by atoms with van der Waals surface area (Å²) >= 11 is 0. The van der Waals surface area contributed by atoms with Crippen LogP contribution in [0.4, 0.5) is 0 Å². The number of rotatable bonds is 4. The Balaban J connectivity index is 2.54. The van der Waals surface area contributed by atoms with Crippen LogP contribution in [-0.2, 0) is 23.4 Å². The van der Waals surface area contributed by atoms with Crippen LogP contribution in [0.5, 0.6) is 0 Å². The van der Waals surface area contributed by atoms with Gasteiger partial charge in [0.15, 0.2) is 0 Å². The Morgan fingerprint density at radius 2 is 2.00 bits per heavy atom. The van der Waals surface area contributed by atoms with E-state index in [0.29, 0.717) is 13.2 Å². The quantitative estimate of drug-likeness (QED) is 0.932. The molecule has 0 amide bonds. The normalized spacial score (nSPS) is 12.6. The highest BCUT2D eigenvalue weighted by Crippen LogP contribution is 2.26. The number of aromatic nitrogens is 2. The van der Waals surface area contributed by atoms with Crippen LogP contribution in [0.25, 0.3) is 11.0 Å². The van der Waals surface area contributed by atoms with Crippen molar-refractivity contribution in [1.29, 1.82) is 0 Å². The van der Waals surface area contributed by atoms with Crippen LogP contribution in [0.15, 0.2) is 18.2 Å². The summed E-state index contributed by atoms with van der Waals surface area (Å²) in [5.74, 6) is 0.968. The molecule has 0 saturated carbocycles. The molecule has 0 fully saturated rings. The molecule has 0 aliphatic rings. The summed E-state index contributed by atoms with van der Waals surface area (Å²) in [5, 5.41) is 0. The van der Waals surface area contributed by atoms with E-state index in [2.05, 4.69) is 43.5 Å². The van der Waals surface area contributed by atoms with E-state index in [4.69, 9.17) is 15.5 Å². The van der Waals surface area contributed by atoms with E-state index in [9.17, 15) is 0 Å². The molecule has 0 saturated heterocycles. The molecule has 0 aliphatic heterocycles. The van der Waals surface area contributed by atoms with Crippen LogP contribution in [0.2, 0.25) is 0 Å². The fourth-order valence-corrected chi connectivity index (χ4v) is 2.39. The van der Waals surface area contributed by atoms with Crippen molar-refractivity contribution in [1.82, 2.24) is 9.55 Å². The Labute approximate surface area is 120 Å². The fourth-order valence-electron chi connectivity index (χ4n) is 2.39. The number of fused-ring (bicyclic) bond motifs is 1. The van der Waals surface area contributed by atoms with Gasteiger partial charge < -0.3 is 15.0 Å². The molecule has 0 spiro atoms. The van der Waals surface area contributed by atoms with Gasteiger partial charge in [0.25, 0.3) is 0 Å². The molecule has 0 unspecified atom stereocenters. The van der Waals surface area contributed by atoms with Crippen molar-refractivity contribution in [2.45, 2.75) is 59.4 Å². The molecule has 0 radical (unpaired) electrons. The second-order valence-corrected chi connectivity index (χ2v) is 6.42. The zero-order valence-electron chi connectivity index (χ0n) is 13.1. The summed E-state index contributed by atoms with van der Waals surface area (Å²) in [6.07, 6.45) is 0.197. The predicted molar refractivity (Wildman–Crippen MR) is 82.5 cm³/mol. The smallest absolute Gasteiger partial charge is 0.136 e. The maximum absolute atomic E-state index is 5.74. The number of hydrogen-bond donors (Lipinski definition) is 1. The molecule has 2 rings (SSSR count). The summed E-state index contributed by atoms with van der Waals surface area (Å²) in [4.78, 5) is 4.74. The Morgan fingerprint density at radius 1 is 1.30 bits per heavy atom. The van der Waals surface area contributed by atoms with E-state index < -0.39 is 0 Å². The highest BCUT2D eigenvalue weighted by atomic mass is 16.5. The molecule has 1 heterocycles. The molecule has 1 aromatic heterocycles. The largest absolute Gasteiger partial charge is 0.371 e. The summed E-state index contributed by atoms with van der Waals surface area (Å²) in [7, 11) is 0. The van der Waals surface area contributed by atoms with E-state index in [1.807, 2.05) is 13.8 Å². The summed E-state index contributed by atoms with van der Waals surface area (Å²) in [5.41, 5.74) is 8.91. The molecule has 0 bridgehead atoms. The molecule has 2 aromatic rings. The fraction of sp³-hybridized carbons (Fsp3) is 0.562. The molecular formula is C16H25N3O. The molecular weight excluding hydrogens is 250 g/mol. The van der Waals surface area contributed by atoms with Gasteiger partial charge in [0.2, 0.25) is 0 Å². The van der Waals surface area contributed by atoms with Crippen molar-refractivity contribution in [2.24, 2.45) is 5.73 Å². The standard InChI is InChI=1S/C16H25N3O/c1-11(2)20-10-15-18-13-8-12(9-17)6-7-14(13)19(15)16(3,4)5/h6-8,11H,9-10,17H2,1-5H3. The van der Waals surface area contributed by atoms with Crippen LogP contribution in [-0.4, -0.2) is 15.7 Å². The third-order valence-electron chi connectivity index (χ3n) is 3.24. The summed E-state index contributed by atoms with van der Waals surface area (Å²) in [6.45, 7) is 11.7. The lowest BCUT2D eigenvalue weighted by molar-refractivity contribution is 0.0577.